The highest BCUT2D eigenvalue weighted by Crippen LogP contribution is 2.35. The van der Waals surface area contributed by atoms with Gasteiger partial charge in [-0.3, -0.25) is 14.5 Å². The standard InChI is InChI=1S/C25H25ClF5N7O2/c1-24(2,29)23(40)37-7-17(28)18(8-37)35-22(39)13-4-14(16(27)5-15(13)26)19-3-12(6-36-9-25(30,31)10-36)20-21(32)33-11-34-38(19)20/h3-5,11,17-18H,6-10H2,1-2H3,(H,35,39)(H2,32,33,34)/t17-,18+/m0/s1. The minimum atomic E-state index is -2.80. The molecule has 3 N–H and O–H groups in total. The van der Waals surface area contributed by atoms with E-state index in [4.69, 9.17) is 17.3 Å². The Morgan fingerprint density at radius 3 is 2.58 bits per heavy atom. The van der Waals surface area contributed by atoms with E-state index in [2.05, 4.69) is 15.4 Å². The maximum Gasteiger partial charge on any atom is 0.272 e. The summed E-state index contributed by atoms with van der Waals surface area (Å²) in [5, 5.41) is 6.33. The molecule has 15 heteroatoms. The maximum atomic E-state index is 15.2. The van der Waals surface area contributed by atoms with E-state index in [1.165, 1.54) is 15.5 Å². The number of benzene rings is 1. The quantitative estimate of drug-likeness (QED) is 0.430. The predicted octanol–water partition coefficient (Wildman–Crippen LogP) is 3.25. The molecule has 2 aromatic heterocycles. The summed E-state index contributed by atoms with van der Waals surface area (Å²) in [5.41, 5.74) is 4.44. The minimum Gasteiger partial charge on any atom is -0.382 e. The van der Waals surface area contributed by atoms with E-state index < -0.39 is 61.1 Å². The Hall–Kier alpha value is -3.52. The summed E-state index contributed by atoms with van der Waals surface area (Å²) in [4.78, 5) is 31.7. The van der Waals surface area contributed by atoms with Crippen molar-refractivity contribution in [3.63, 3.8) is 0 Å². The van der Waals surface area contributed by atoms with E-state index >= 15 is 4.39 Å². The van der Waals surface area contributed by atoms with Crippen molar-refractivity contribution in [2.75, 3.05) is 31.9 Å². The van der Waals surface area contributed by atoms with Crippen LogP contribution in [-0.2, 0) is 11.3 Å². The highest BCUT2D eigenvalue weighted by molar-refractivity contribution is 6.34. The number of aromatic nitrogens is 3. The van der Waals surface area contributed by atoms with Gasteiger partial charge in [-0.25, -0.2) is 31.5 Å². The molecule has 214 valence electrons. The molecule has 2 amide bonds. The zero-order chi connectivity index (χ0) is 29.1. The largest absolute Gasteiger partial charge is 0.382 e. The molecule has 2 fully saturated rings. The summed E-state index contributed by atoms with van der Waals surface area (Å²) in [7, 11) is 0. The molecule has 0 radical (unpaired) electrons. The van der Waals surface area contributed by atoms with Crippen LogP contribution in [0.25, 0.3) is 16.8 Å². The van der Waals surface area contributed by atoms with Crippen LogP contribution in [0.1, 0.15) is 29.8 Å². The molecule has 2 aliphatic heterocycles. The van der Waals surface area contributed by atoms with Gasteiger partial charge < -0.3 is 16.0 Å². The minimum absolute atomic E-state index is 0.0432. The number of hydrogen-bond donors (Lipinski definition) is 2. The van der Waals surface area contributed by atoms with Crippen molar-refractivity contribution in [1.29, 1.82) is 0 Å². The topological polar surface area (TPSA) is 109 Å². The molecular formula is C25H25ClF5N7O2. The number of carbonyl (C=O) groups excluding carboxylic acids is 2. The van der Waals surface area contributed by atoms with Crippen molar-refractivity contribution in [2.45, 2.75) is 44.2 Å². The molecule has 0 spiro atoms. The number of rotatable bonds is 6. The van der Waals surface area contributed by atoms with E-state index in [1.54, 1.807) is 0 Å². The van der Waals surface area contributed by atoms with Crippen molar-refractivity contribution < 1.29 is 31.5 Å². The second kappa shape index (κ2) is 9.84. The predicted molar refractivity (Wildman–Crippen MR) is 136 cm³/mol. The lowest BCUT2D eigenvalue weighted by atomic mass is 10.0. The van der Waals surface area contributed by atoms with Gasteiger partial charge in [-0.15, -0.1) is 0 Å². The number of fused-ring (bicyclic) bond motifs is 1. The van der Waals surface area contributed by atoms with Gasteiger partial charge in [-0.05, 0) is 37.6 Å². The molecule has 5 rings (SSSR count). The Balaban J connectivity index is 1.45. The SMILES string of the molecule is CC(C)(F)C(=O)N1C[C@H](F)[C@H](NC(=O)c2cc(-c3cc(CN4CC(F)(F)C4)c4c(N)ncnn34)c(F)cc2Cl)C1. The Morgan fingerprint density at radius 1 is 1.23 bits per heavy atom. The van der Waals surface area contributed by atoms with Gasteiger partial charge in [0, 0.05) is 18.7 Å². The lowest BCUT2D eigenvalue weighted by molar-refractivity contribution is -0.141. The number of likely N-dealkylation sites (tertiary alicyclic amines) is 2. The molecular weight excluding hydrogens is 561 g/mol. The summed E-state index contributed by atoms with van der Waals surface area (Å²) in [6.07, 6.45) is -0.526. The van der Waals surface area contributed by atoms with E-state index in [-0.39, 0.29) is 40.8 Å². The van der Waals surface area contributed by atoms with E-state index in [1.807, 2.05) is 0 Å². The number of nitrogens with two attached hydrogens (primary N) is 1. The van der Waals surface area contributed by atoms with E-state index in [0.717, 1.165) is 37.2 Å². The first kappa shape index (κ1) is 28.0. The van der Waals surface area contributed by atoms with Crippen LogP contribution in [-0.4, -0.2) is 86.2 Å². The summed E-state index contributed by atoms with van der Waals surface area (Å²) >= 11 is 6.18. The third-order valence-corrected chi connectivity index (χ3v) is 7.22. The molecule has 2 saturated heterocycles. The monoisotopic (exact) mass is 585 g/mol. The fraction of sp³-hybridized carbons (Fsp3) is 0.440. The first-order valence-electron chi connectivity index (χ1n) is 12.3. The average Bonchev–Trinajstić information content (AvgIpc) is 3.38. The van der Waals surface area contributed by atoms with Crippen LogP contribution in [0.2, 0.25) is 5.02 Å². The van der Waals surface area contributed by atoms with Crippen LogP contribution >= 0.6 is 11.6 Å². The number of anilines is 1. The number of nitrogens with zero attached hydrogens (tertiary/aromatic N) is 5. The van der Waals surface area contributed by atoms with Gasteiger partial charge >= 0.3 is 0 Å². The summed E-state index contributed by atoms with van der Waals surface area (Å²) in [6, 6.07) is 2.44. The molecule has 9 nitrogen and oxygen atoms in total. The fourth-order valence-corrected chi connectivity index (χ4v) is 5.26. The summed E-state index contributed by atoms with van der Waals surface area (Å²) < 4.78 is 72.0. The normalized spacial score (nSPS) is 21.1. The zero-order valence-electron chi connectivity index (χ0n) is 21.4. The lowest BCUT2D eigenvalue weighted by Crippen LogP contribution is -2.55. The molecule has 0 saturated carbocycles. The lowest BCUT2D eigenvalue weighted by Gasteiger charge is -2.38. The van der Waals surface area contributed by atoms with Gasteiger partial charge in [0.1, 0.15) is 23.8 Å². The van der Waals surface area contributed by atoms with Crippen molar-refractivity contribution in [1.82, 2.24) is 29.7 Å². The molecule has 40 heavy (non-hydrogen) atoms. The number of hydrogen-bond acceptors (Lipinski definition) is 6. The number of alkyl halides is 4. The smallest absolute Gasteiger partial charge is 0.272 e. The fourth-order valence-electron chi connectivity index (χ4n) is 5.03. The van der Waals surface area contributed by atoms with E-state index in [9.17, 15) is 27.2 Å². The van der Waals surface area contributed by atoms with Crippen LogP contribution < -0.4 is 11.1 Å². The van der Waals surface area contributed by atoms with Crippen LogP contribution in [0.5, 0.6) is 0 Å². The van der Waals surface area contributed by atoms with Gasteiger partial charge in [-0.2, -0.15) is 5.10 Å². The number of amides is 2. The van der Waals surface area contributed by atoms with Crippen LogP contribution in [0.3, 0.4) is 0 Å². The second-order valence-electron chi connectivity index (χ2n) is 10.6. The molecule has 3 aromatic rings. The van der Waals surface area contributed by atoms with Crippen molar-refractivity contribution in [3.05, 3.63) is 46.5 Å². The van der Waals surface area contributed by atoms with Gasteiger partial charge in [0.2, 0.25) is 0 Å². The molecule has 2 aliphatic rings. The Bertz CT molecular complexity index is 1500. The number of nitrogens with one attached hydrogen (secondary N) is 1. The van der Waals surface area contributed by atoms with Gasteiger partial charge in [0.15, 0.2) is 11.5 Å². The third-order valence-electron chi connectivity index (χ3n) is 6.90. The van der Waals surface area contributed by atoms with Gasteiger partial charge in [0.25, 0.3) is 17.7 Å². The highest BCUT2D eigenvalue weighted by Gasteiger charge is 2.44. The Morgan fingerprint density at radius 2 is 1.93 bits per heavy atom. The summed E-state index contributed by atoms with van der Waals surface area (Å²) in [5.74, 6) is -5.32. The maximum absolute atomic E-state index is 15.2. The van der Waals surface area contributed by atoms with E-state index in [0.29, 0.717) is 11.1 Å². The van der Waals surface area contributed by atoms with Crippen LogP contribution in [0.15, 0.2) is 24.5 Å². The first-order valence-corrected chi connectivity index (χ1v) is 12.7. The third kappa shape index (κ3) is 5.17. The van der Waals surface area contributed by atoms with Gasteiger partial charge in [-0.1, -0.05) is 11.6 Å². The number of carbonyl (C=O) groups is 2. The highest BCUT2D eigenvalue weighted by atomic mass is 35.5. The molecule has 2 atom stereocenters. The molecule has 0 aliphatic carbocycles. The zero-order valence-corrected chi connectivity index (χ0v) is 22.2. The number of halogens is 6. The van der Waals surface area contributed by atoms with Crippen LogP contribution in [0, 0.1) is 5.82 Å². The first-order chi connectivity index (χ1) is 18.6. The molecule has 0 bridgehead atoms. The Kier molecular flexibility index (Phi) is 6.89. The molecule has 0 unspecified atom stereocenters. The Labute approximate surface area is 230 Å². The second-order valence-corrected chi connectivity index (χ2v) is 11.0. The summed E-state index contributed by atoms with van der Waals surface area (Å²) in [6.45, 7) is 0.630. The van der Waals surface area contributed by atoms with Crippen molar-refractivity contribution in [2.24, 2.45) is 0 Å². The van der Waals surface area contributed by atoms with Gasteiger partial charge in [0.05, 0.1) is 42.0 Å². The van der Waals surface area contributed by atoms with Crippen molar-refractivity contribution in [3.8, 4) is 11.3 Å². The van der Waals surface area contributed by atoms with Crippen LogP contribution in [0.4, 0.5) is 27.8 Å². The molecule has 4 heterocycles. The molecule has 1 aromatic carbocycles. The van der Waals surface area contributed by atoms with Crippen molar-refractivity contribution >= 4 is 34.7 Å². The number of nitrogen functional groups attached to an aromatic ring is 1. The average molecular weight is 586 g/mol.